The topological polar surface area (TPSA) is 30.8 Å². The van der Waals surface area contributed by atoms with E-state index in [0.717, 1.165) is 35.5 Å². The number of nitrogens with zero attached hydrogens (tertiary/aromatic N) is 1. The minimum Gasteiger partial charge on any atom is -0.490 e. The van der Waals surface area contributed by atoms with E-state index >= 15 is 4.39 Å². The van der Waals surface area contributed by atoms with Crippen molar-refractivity contribution in [3.05, 3.63) is 101 Å². The van der Waals surface area contributed by atoms with Crippen molar-refractivity contribution < 1.29 is 31.5 Å². The summed E-state index contributed by atoms with van der Waals surface area (Å²) in [5.74, 6) is -1.60. The Labute approximate surface area is 205 Å². The molecule has 8 heteroatoms. The number of oxime groups is 1. The Morgan fingerprint density at radius 1 is 0.917 bits per heavy atom. The van der Waals surface area contributed by atoms with Crippen LogP contribution < -0.4 is 4.74 Å². The lowest BCUT2D eigenvalue weighted by Crippen LogP contribution is -2.49. The summed E-state index contributed by atoms with van der Waals surface area (Å²) < 4.78 is 74.7. The third-order valence-corrected chi connectivity index (χ3v) is 7.18. The summed E-state index contributed by atoms with van der Waals surface area (Å²) in [5.41, 5.74) is 0.939. The first kappa shape index (κ1) is 24.3. The minimum atomic E-state index is -4.45. The average Bonchev–Trinajstić information content (AvgIpc) is 2.86. The first-order chi connectivity index (χ1) is 17.3. The van der Waals surface area contributed by atoms with Crippen molar-refractivity contribution >= 4 is 5.71 Å². The number of alkyl halides is 3. The predicted octanol–water partition coefficient (Wildman–Crippen LogP) is 7.23. The van der Waals surface area contributed by atoms with E-state index in [1.807, 2.05) is 30.3 Å². The number of ether oxygens (including phenoxy) is 1. The molecule has 0 bridgehead atoms. The number of hydrogen-bond donors (Lipinski definition) is 0. The lowest BCUT2D eigenvalue weighted by molar-refractivity contribution is -0.137. The molecule has 3 nitrogen and oxygen atoms in total. The molecular formula is C28H24F5NO2. The molecule has 0 saturated heterocycles. The van der Waals surface area contributed by atoms with E-state index < -0.39 is 28.8 Å². The average molecular weight is 501 g/mol. The second-order valence-corrected chi connectivity index (χ2v) is 9.39. The molecule has 2 aliphatic rings. The zero-order chi connectivity index (χ0) is 25.3. The molecule has 0 amide bonds. The van der Waals surface area contributed by atoms with Crippen LogP contribution in [0.1, 0.15) is 41.5 Å². The molecule has 2 atom stereocenters. The molecule has 5 rings (SSSR count). The highest BCUT2D eigenvalue weighted by atomic mass is 19.4. The van der Waals surface area contributed by atoms with Crippen molar-refractivity contribution in [1.29, 1.82) is 0 Å². The fourth-order valence-corrected chi connectivity index (χ4v) is 5.38. The van der Waals surface area contributed by atoms with Crippen molar-refractivity contribution in [1.82, 2.24) is 0 Å². The van der Waals surface area contributed by atoms with Crippen LogP contribution in [0.4, 0.5) is 22.0 Å². The summed E-state index contributed by atoms with van der Waals surface area (Å²) in [6.07, 6.45) is -2.82. The van der Waals surface area contributed by atoms with Crippen LogP contribution in [0.3, 0.4) is 0 Å². The molecule has 1 aliphatic heterocycles. The van der Waals surface area contributed by atoms with Gasteiger partial charge in [0.2, 0.25) is 0 Å². The molecule has 0 aromatic heterocycles. The lowest BCUT2D eigenvalue weighted by Gasteiger charge is -2.48. The summed E-state index contributed by atoms with van der Waals surface area (Å²) in [6, 6.07) is 16.6. The third-order valence-electron chi connectivity index (χ3n) is 7.18. The van der Waals surface area contributed by atoms with Gasteiger partial charge in [-0.15, -0.1) is 0 Å². The van der Waals surface area contributed by atoms with Crippen LogP contribution in [0.25, 0.3) is 0 Å². The van der Waals surface area contributed by atoms with Gasteiger partial charge < -0.3 is 9.57 Å². The summed E-state index contributed by atoms with van der Waals surface area (Å²) in [4.78, 5) is 5.55. The van der Waals surface area contributed by atoms with E-state index in [9.17, 15) is 17.6 Å². The summed E-state index contributed by atoms with van der Waals surface area (Å²) in [6.45, 7) is 0.455. The number of benzene rings is 3. The van der Waals surface area contributed by atoms with Crippen molar-refractivity contribution in [2.45, 2.75) is 43.9 Å². The number of fused-ring (bicyclic) bond motifs is 3. The van der Waals surface area contributed by atoms with Crippen LogP contribution in [0.2, 0.25) is 0 Å². The normalized spacial score (nSPS) is 22.5. The van der Waals surface area contributed by atoms with E-state index in [4.69, 9.17) is 9.57 Å². The molecule has 3 aromatic carbocycles. The van der Waals surface area contributed by atoms with E-state index in [1.165, 1.54) is 12.1 Å². The van der Waals surface area contributed by atoms with Gasteiger partial charge in [-0.1, -0.05) is 47.6 Å². The number of rotatable bonds is 5. The van der Waals surface area contributed by atoms with Crippen molar-refractivity contribution in [3.8, 4) is 5.75 Å². The largest absolute Gasteiger partial charge is 0.490 e. The molecule has 3 aromatic rings. The van der Waals surface area contributed by atoms with Crippen LogP contribution >= 0.6 is 0 Å². The Bertz CT molecular complexity index is 1260. The Morgan fingerprint density at radius 2 is 1.64 bits per heavy atom. The lowest BCUT2D eigenvalue weighted by atomic mass is 9.58. The van der Waals surface area contributed by atoms with Crippen LogP contribution in [0.15, 0.2) is 71.9 Å². The highest BCUT2D eigenvalue weighted by Crippen LogP contribution is 2.53. The third kappa shape index (κ3) is 4.68. The highest BCUT2D eigenvalue weighted by molar-refractivity contribution is 5.85. The van der Waals surface area contributed by atoms with E-state index in [0.29, 0.717) is 31.4 Å². The maximum absolute atomic E-state index is 15.2. The maximum atomic E-state index is 15.2. The second kappa shape index (κ2) is 9.56. The first-order valence-corrected chi connectivity index (χ1v) is 11.8. The quantitative estimate of drug-likeness (QED) is 0.273. The molecule has 1 fully saturated rings. The highest BCUT2D eigenvalue weighted by Gasteiger charge is 2.50. The maximum Gasteiger partial charge on any atom is 0.416 e. The molecular weight excluding hydrogens is 477 g/mol. The second-order valence-electron chi connectivity index (χ2n) is 9.39. The van der Waals surface area contributed by atoms with Gasteiger partial charge in [0.05, 0.1) is 17.9 Å². The van der Waals surface area contributed by atoms with Gasteiger partial charge in [-0.2, -0.15) is 13.2 Å². The minimum absolute atomic E-state index is 0.112. The van der Waals surface area contributed by atoms with Gasteiger partial charge in [0.1, 0.15) is 12.4 Å². The van der Waals surface area contributed by atoms with Gasteiger partial charge in [-0.25, -0.2) is 8.78 Å². The first-order valence-electron chi connectivity index (χ1n) is 11.8. The molecule has 36 heavy (non-hydrogen) atoms. The van der Waals surface area contributed by atoms with Crippen LogP contribution in [0, 0.1) is 17.6 Å². The molecule has 0 radical (unpaired) electrons. The van der Waals surface area contributed by atoms with Crippen molar-refractivity contribution in [2.75, 3.05) is 6.61 Å². The van der Waals surface area contributed by atoms with Crippen LogP contribution in [0.5, 0.6) is 5.75 Å². The van der Waals surface area contributed by atoms with Gasteiger partial charge >= 0.3 is 6.18 Å². The van der Waals surface area contributed by atoms with E-state index in [2.05, 4.69) is 5.16 Å². The molecule has 0 spiro atoms. The van der Waals surface area contributed by atoms with E-state index in [-0.39, 0.29) is 30.3 Å². The molecule has 0 unspecified atom stereocenters. The molecule has 1 aliphatic carbocycles. The van der Waals surface area contributed by atoms with Gasteiger partial charge in [0, 0.05) is 16.9 Å². The Morgan fingerprint density at radius 3 is 2.36 bits per heavy atom. The zero-order valence-electron chi connectivity index (χ0n) is 19.3. The molecule has 1 saturated carbocycles. The van der Waals surface area contributed by atoms with Gasteiger partial charge in [0.15, 0.2) is 11.6 Å². The fourth-order valence-electron chi connectivity index (χ4n) is 5.38. The van der Waals surface area contributed by atoms with Crippen molar-refractivity contribution in [2.24, 2.45) is 11.1 Å². The van der Waals surface area contributed by atoms with Gasteiger partial charge in [-0.3, -0.25) is 0 Å². The Kier molecular flexibility index (Phi) is 6.45. The summed E-state index contributed by atoms with van der Waals surface area (Å²) >= 11 is 0. The van der Waals surface area contributed by atoms with Gasteiger partial charge in [-0.05, 0) is 61.1 Å². The van der Waals surface area contributed by atoms with Gasteiger partial charge in [0.25, 0.3) is 0 Å². The zero-order valence-corrected chi connectivity index (χ0v) is 19.3. The number of halogens is 5. The van der Waals surface area contributed by atoms with Crippen LogP contribution in [-0.4, -0.2) is 12.3 Å². The molecule has 188 valence electrons. The predicted molar refractivity (Wildman–Crippen MR) is 125 cm³/mol. The van der Waals surface area contributed by atoms with Crippen LogP contribution in [-0.2, 0) is 29.5 Å². The SMILES string of the molecule is Fc1ccc(F)c2c1OC[C@H]1C/C(=N\OCc3ccccc3)CC[C@@]21Cc1ccc(C(F)(F)F)cc1. The van der Waals surface area contributed by atoms with E-state index in [1.54, 1.807) is 0 Å². The Hall–Kier alpha value is -3.42. The summed E-state index contributed by atoms with van der Waals surface area (Å²) in [7, 11) is 0. The smallest absolute Gasteiger partial charge is 0.416 e. The van der Waals surface area contributed by atoms with Crippen molar-refractivity contribution in [3.63, 3.8) is 0 Å². The Balaban J connectivity index is 1.44. The number of hydrogen-bond acceptors (Lipinski definition) is 3. The fraction of sp³-hybridized carbons (Fsp3) is 0.321. The summed E-state index contributed by atoms with van der Waals surface area (Å²) in [5, 5.41) is 4.31. The molecule has 1 heterocycles. The molecule has 0 N–H and O–H groups in total. The standard InChI is InChI=1S/C28H24F5NO2/c29-23-10-11-24(30)26-25(23)27(15-18-6-8-20(9-7-18)28(31,32)33)13-12-22(14-21(27)17-35-26)34-36-16-19-4-2-1-3-5-19/h1-11,21H,12-17H2/b34-22-/t21-,27+/m1/s1. The monoisotopic (exact) mass is 501 g/mol.